The standard InChI is InChI=1S/C21H17ClFN5O2/c22-15-7-12(1-3-16(15)23)19-11-30-6-5-28(19)21(29)18-8-13-2-4-17(26-20(13)27-18)14-9-24-25-10-14/h1-4,7-10,19H,5-6,11H2,(H,24,25)(H,26,27)/t19-/m1/s1. The molecule has 7 nitrogen and oxygen atoms in total. The van der Waals surface area contributed by atoms with Crippen LogP contribution in [0.2, 0.25) is 5.02 Å². The number of carbonyl (C=O) groups excluding carboxylic acids is 1. The third-order valence-electron chi connectivity index (χ3n) is 5.22. The van der Waals surface area contributed by atoms with Crippen molar-refractivity contribution in [3.8, 4) is 11.3 Å². The van der Waals surface area contributed by atoms with E-state index in [1.54, 1.807) is 35.5 Å². The van der Waals surface area contributed by atoms with Gasteiger partial charge in [-0.3, -0.25) is 9.89 Å². The number of ether oxygens (including phenoxy) is 1. The first-order valence-electron chi connectivity index (χ1n) is 9.43. The number of aromatic nitrogens is 4. The molecular weight excluding hydrogens is 409 g/mol. The average Bonchev–Trinajstić information content (AvgIpc) is 3.44. The van der Waals surface area contributed by atoms with Crippen LogP contribution in [-0.4, -0.2) is 50.7 Å². The molecule has 3 aromatic heterocycles. The van der Waals surface area contributed by atoms with E-state index in [1.807, 2.05) is 12.1 Å². The third-order valence-corrected chi connectivity index (χ3v) is 5.51. The Labute approximate surface area is 175 Å². The van der Waals surface area contributed by atoms with Gasteiger partial charge in [0.15, 0.2) is 0 Å². The van der Waals surface area contributed by atoms with Crippen molar-refractivity contribution in [1.82, 2.24) is 25.1 Å². The molecule has 2 N–H and O–H groups in total. The van der Waals surface area contributed by atoms with E-state index in [2.05, 4.69) is 20.2 Å². The lowest BCUT2D eigenvalue weighted by molar-refractivity contribution is -0.00297. The van der Waals surface area contributed by atoms with Gasteiger partial charge in [0.1, 0.15) is 17.2 Å². The van der Waals surface area contributed by atoms with Gasteiger partial charge in [-0.15, -0.1) is 0 Å². The quantitative estimate of drug-likeness (QED) is 0.520. The first kappa shape index (κ1) is 18.8. The van der Waals surface area contributed by atoms with Crippen LogP contribution < -0.4 is 0 Å². The normalized spacial score (nSPS) is 16.9. The van der Waals surface area contributed by atoms with Crippen LogP contribution in [0.5, 0.6) is 0 Å². The predicted octanol–water partition coefficient (Wildman–Crippen LogP) is 3.96. The summed E-state index contributed by atoms with van der Waals surface area (Å²) in [6.45, 7) is 1.17. The summed E-state index contributed by atoms with van der Waals surface area (Å²) in [7, 11) is 0. The minimum Gasteiger partial charge on any atom is -0.377 e. The number of hydrogen-bond acceptors (Lipinski definition) is 4. The molecule has 0 unspecified atom stereocenters. The number of morpholine rings is 1. The van der Waals surface area contributed by atoms with Gasteiger partial charge < -0.3 is 14.6 Å². The number of nitrogens with one attached hydrogen (secondary N) is 2. The smallest absolute Gasteiger partial charge is 0.271 e. The molecule has 1 aliphatic heterocycles. The lowest BCUT2D eigenvalue weighted by atomic mass is 10.0. The van der Waals surface area contributed by atoms with Gasteiger partial charge in [0.05, 0.1) is 36.2 Å². The Hall–Kier alpha value is -3.23. The van der Waals surface area contributed by atoms with Gasteiger partial charge in [-0.2, -0.15) is 5.10 Å². The highest BCUT2D eigenvalue weighted by Crippen LogP contribution is 2.29. The maximum absolute atomic E-state index is 13.6. The fourth-order valence-corrected chi connectivity index (χ4v) is 3.86. The molecule has 1 amide bonds. The van der Waals surface area contributed by atoms with Crippen molar-refractivity contribution in [2.24, 2.45) is 0 Å². The monoisotopic (exact) mass is 425 g/mol. The maximum Gasteiger partial charge on any atom is 0.271 e. The molecule has 0 aliphatic carbocycles. The van der Waals surface area contributed by atoms with Gasteiger partial charge in [-0.1, -0.05) is 17.7 Å². The van der Waals surface area contributed by atoms with Crippen molar-refractivity contribution < 1.29 is 13.9 Å². The van der Waals surface area contributed by atoms with E-state index in [-0.39, 0.29) is 17.0 Å². The Morgan fingerprint density at radius 1 is 1.27 bits per heavy atom. The number of hydrogen-bond donors (Lipinski definition) is 2. The number of H-pyrrole nitrogens is 2. The number of pyridine rings is 1. The third kappa shape index (κ3) is 3.34. The van der Waals surface area contributed by atoms with Gasteiger partial charge in [0.2, 0.25) is 0 Å². The predicted molar refractivity (Wildman–Crippen MR) is 110 cm³/mol. The highest BCUT2D eigenvalue weighted by atomic mass is 35.5. The number of benzene rings is 1. The van der Waals surface area contributed by atoms with E-state index in [9.17, 15) is 9.18 Å². The summed E-state index contributed by atoms with van der Waals surface area (Å²) >= 11 is 5.95. The summed E-state index contributed by atoms with van der Waals surface area (Å²) < 4.78 is 19.2. The summed E-state index contributed by atoms with van der Waals surface area (Å²) in [5.41, 5.74) is 3.39. The van der Waals surface area contributed by atoms with E-state index in [1.165, 1.54) is 6.07 Å². The molecule has 0 bridgehead atoms. The molecule has 0 spiro atoms. The molecule has 4 aromatic rings. The molecule has 0 radical (unpaired) electrons. The molecule has 152 valence electrons. The molecule has 1 fully saturated rings. The summed E-state index contributed by atoms with van der Waals surface area (Å²) in [5.74, 6) is -0.670. The highest BCUT2D eigenvalue weighted by molar-refractivity contribution is 6.30. The number of amides is 1. The Morgan fingerprint density at radius 3 is 2.97 bits per heavy atom. The van der Waals surface area contributed by atoms with Crippen LogP contribution in [0.3, 0.4) is 0 Å². The minimum absolute atomic E-state index is 0.0204. The molecule has 1 aromatic carbocycles. The van der Waals surface area contributed by atoms with E-state index in [0.717, 1.165) is 22.2 Å². The Bertz CT molecular complexity index is 1220. The molecule has 1 aliphatic rings. The number of nitrogens with zero attached hydrogens (tertiary/aromatic N) is 3. The topological polar surface area (TPSA) is 86.9 Å². The zero-order chi connectivity index (χ0) is 20.7. The minimum atomic E-state index is -0.495. The Kier molecular flexibility index (Phi) is 4.72. The van der Waals surface area contributed by atoms with E-state index in [0.29, 0.717) is 31.1 Å². The van der Waals surface area contributed by atoms with Crippen molar-refractivity contribution in [1.29, 1.82) is 0 Å². The molecular formula is C21H17ClFN5O2. The van der Waals surface area contributed by atoms with Crippen LogP contribution in [0.1, 0.15) is 22.1 Å². The zero-order valence-electron chi connectivity index (χ0n) is 15.7. The van der Waals surface area contributed by atoms with E-state index < -0.39 is 5.82 Å². The van der Waals surface area contributed by atoms with Crippen LogP contribution in [0.25, 0.3) is 22.3 Å². The van der Waals surface area contributed by atoms with Gasteiger partial charge in [-0.25, -0.2) is 9.37 Å². The van der Waals surface area contributed by atoms with Gasteiger partial charge in [0, 0.05) is 23.7 Å². The summed E-state index contributed by atoms with van der Waals surface area (Å²) in [4.78, 5) is 22.7. The molecule has 1 atom stereocenters. The lowest BCUT2D eigenvalue weighted by Gasteiger charge is -2.35. The number of fused-ring (bicyclic) bond motifs is 1. The van der Waals surface area contributed by atoms with Crippen LogP contribution in [0.15, 0.2) is 48.8 Å². The number of rotatable bonds is 3. The Balaban J connectivity index is 1.47. The number of halogens is 2. The summed E-state index contributed by atoms with van der Waals surface area (Å²) in [5, 5.41) is 7.56. The van der Waals surface area contributed by atoms with E-state index in [4.69, 9.17) is 16.3 Å². The first-order chi connectivity index (χ1) is 14.6. The van der Waals surface area contributed by atoms with Gasteiger partial charge >= 0.3 is 0 Å². The average molecular weight is 426 g/mol. The molecule has 30 heavy (non-hydrogen) atoms. The van der Waals surface area contributed by atoms with Gasteiger partial charge in [0.25, 0.3) is 5.91 Å². The van der Waals surface area contributed by atoms with Crippen molar-refractivity contribution in [3.05, 3.63) is 70.9 Å². The fourth-order valence-electron chi connectivity index (χ4n) is 3.67. The SMILES string of the molecule is O=C(c1cc2ccc(-c3cn[nH]c3)nc2[nH]1)N1CCOC[C@@H]1c1ccc(F)c(Cl)c1. The van der Waals surface area contributed by atoms with Crippen molar-refractivity contribution in [2.75, 3.05) is 19.8 Å². The maximum atomic E-state index is 13.6. The van der Waals surface area contributed by atoms with Crippen LogP contribution in [-0.2, 0) is 4.74 Å². The van der Waals surface area contributed by atoms with Crippen LogP contribution >= 0.6 is 11.6 Å². The zero-order valence-corrected chi connectivity index (χ0v) is 16.5. The van der Waals surface area contributed by atoms with E-state index >= 15 is 0 Å². The molecule has 1 saturated heterocycles. The van der Waals surface area contributed by atoms with Crippen molar-refractivity contribution >= 4 is 28.5 Å². The second-order valence-corrected chi connectivity index (χ2v) is 7.47. The number of aromatic amines is 2. The fraction of sp³-hybridized carbons (Fsp3) is 0.190. The lowest BCUT2D eigenvalue weighted by Crippen LogP contribution is -2.43. The van der Waals surface area contributed by atoms with Crippen LogP contribution in [0, 0.1) is 5.82 Å². The van der Waals surface area contributed by atoms with Crippen molar-refractivity contribution in [3.63, 3.8) is 0 Å². The molecule has 0 saturated carbocycles. The molecule has 5 rings (SSSR count). The summed E-state index contributed by atoms with van der Waals surface area (Å²) in [6, 6.07) is 9.70. The molecule has 4 heterocycles. The summed E-state index contributed by atoms with van der Waals surface area (Å²) in [6.07, 6.45) is 3.45. The highest BCUT2D eigenvalue weighted by Gasteiger charge is 2.30. The first-order valence-corrected chi connectivity index (χ1v) is 9.80. The molecule has 9 heteroatoms. The Morgan fingerprint density at radius 2 is 2.17 bits per heavy atom. The largest absolute Gasteiger partial charge is 0.377 e. The van der Waals surface area contributed by atoms with Gasteiger partial charge in [-0.05, 0) is 35.9 Å². The second-order valence-electron chi connectivity index (χ2n) is 7.07. The van der Waals surface area contributed by atoms with Crippen molar-refractivity contribution in [2.45, 2.75) is 6.04 Å². The van der Waals surface area contributed by atoms with Crippen LogP contribution in [0.4, 0.5) is 4.39 Å². The second kappa shape index (κ2) is 7.55. The number of carbonyl (C=O) groups is 1.